The molecule has 0 saturated carbocycles. The monoisotopic (exact) mass is 215 g/mol. The molecule has 0 aliphatic carbocycles. The molecule has 76 valence electrons. The number of hydroxylamine groups is 1. The minimum absolute atomic E-state index is 0.182. The largest absolute Gasteiger partial charge is 0.481 e. The third-order valence-corrected chi connectivity index (χ3v) is 2.06. The Kier molecular flexibility index (Phi) is 3.88. The summed E-state index contributed by atoms with van der Waals surface area (Å²) < 4.78 is 0. The molecule has 3 N–H and O–H groups in total. The van der Waals surface area contributed by atoms with Gasteiger partial charge in [-0.15, -0.1) is 0 Å². The lowest BCUT2D eigenvalue weighted by Gasteiger charge is -2.12. The molecule has 0 amide bonds. The predicted molar refractivity (Wildman–Crippen MR) is 51.4 cm³/mol. The van der Waals surface area contributed by atoms with E-state index in [2.05, 4.69) is 0 Å². The predicted octanol–water partition coefficient (Wildman–Crippen LogP) is 1.83. The summed E-state index contributed by atoms with van der Waals surface area (Å²) in [6.45, 7) is 0. The van der Waals surface area contributed by atoms with E-state index < -0.39 is 12.0 Å². The first-order valence-corrected chi connectivity index (χ1v) is 4.38. The minimum Gasteiger partial charge on any atom is -0.481 e. The zero-order chi connectivity index (χ0) is 10.6. The van der Waals surface area contributed by atoms with Crippen LogP contribution in [-0.2, 0) is 4.79 Å². The third-order valence-electron chi connectivity index (χ3n) is 1.81. The number of benzene rings is 1. The van der Waals surface area contributed by atoms with Crippen LogP contribution in [0.25, 0.3) is 0 Å². The minimum atomic E-state index is -0.980. The van der Waals surface area contributed by atoms with E-state index in [9.17, 15) is 4.79 Å². The van der Waals surface area contributed by atoms with Crippen LogP contribution in [0.1, 0.15) is 18.0 Å². The summed E-state index contributed by atoms with van der Waals surface area (Å²) in [5, 5.41) is 17.9. The van der Waals surface area contributed by atoms with Crippen LogP contribution >= 0.6 is 11.6 Å². The van der Waals surface area contributed by atoms with Crippen molar-refractivity contribution in [1.82, 2.24) is 5.48 Å². The van der Waals surface area contributed by atoms with Crippen molar-refractivity contribution in [3.63, 3.8) is 0 Å². The van der Waals surface area contributed by atoms with Gasteiger partial charge in [-0.05, 0) is 17.7 Å². The van der Waals surface area contributed by atoms with Gasteiger partial charge in [0.1, 0.15) is 0 Å². The SMILES string of the molecule is O=C(O)CC(NO)c1ccc(Cl)cc1. The Labute approximate surface area is 86.1 Å². The van der Waals surface area contributed by atoms with Gasteiger partial charge in [-0.3, -0.25) is 4.79 Å². The van der Waals surface area contributed by atoms with E-state index in [-0.39, 0.29) is 6.42 Å². The van der Waals surface area contributed by atoms with Crippen LogP contribution in [-0.4, -0.2) is 16.3 Å². The van der Waals surface area contributed by atoms with E-state index in [1.54, 1.807) is 24.3 Å². The first-order chi connectivity index (χ1) is 6.63. The van der Waals surface area contributed by atoms with Crippen LogP contribution in [0, 0.1) is 0 Å². The summed E-state index contributed by atoms with van der Waals surface area (Å²) in [4.78, 5) is 10.4. The number of carboxylic acid groups (broad SMARTS) is 1. The summed E-state index contributed by atoms with van der Waals surface area (Å²) in [5.41, 5.74) is 2.63. The van der Waals surface area contributed by atoms with E-state index in [0.29, 0.717) is 10.6 Å². The zero-order valence-corrected chi connectivity index (χ0v) is 8.03. The van der Waals surface area contributed by atoms with Crippen molar-refractivity contribution in [2.75, 3.05) is 0 Å². The highest BCUT2D eigenvalue weighted by Gasteiger charge is 2.13. The van der Waals surface area contributed by atoms with Crippen LogP contribution in [0.2, 0.25) is 5.02 Å². The van der Waals surface area contributed by atoms with Gasteiger partial charge in [-0.1, -0.05) is 23.7 Å². The van der Waals surface area contributed by atoms with Gasteiger partial charge in [-0.25, -0.2) is 0 Å². The van der Waals surface area contributed by atoms with Crippen LogP contribution in [0.15, 0.2) is 24.3 Å². The van der Waals surface area contributed by atoms with Crippen molar-refractivity contribution in [2.24, 2.45) is 0 Å². The van der Waals surface area contributed by atoms with E-state index >= 15 is 0 Å². The number of hydrogen-bond donors (Lipinski definition) is 3. The maximum Gasteiger partial charge on any atom is 0.305 e. The standard InChI is InChI=1S/C9H10ClNO3/c10-7-3-1-6(2-4-7)8(11-14)5-9(12)13/h1-4,8,11,14H,5H2,(H,12,13). The second kappa shape index (κ2) is 4.95. The Morgan fingerprint density at radius 3 is 2.43 bits per heavy atom. The first kappa shape index (κ1) is 11.0. The average molecular weight is 216 g/mol. The second-order valence-electron chi connectivity index (χ2n) is 2.83. The van der Waals surface area contributed by atoms with Crippen molar-refractivity contribution in [2.45, 2.75) is 12.5 Å². The molecule has 1 unspecified atom stereocenters. The normalized spacial score (nSPS) is 12.4. The fraction of sp³-hybridized carbons (Fsp3) is 0.222. The molecule has 4 nitrogen and oxygen atoms in total. The molecule has 1 aromatic rings. The lowest BCUT2D eigenvalue weighted by molar-refractivity contribution is -0.138. The molecule has 0 aliphatic heterocycles. The van der Waals surface area contributed by atoms with E-state index in [1.165, 1.54) is 0 Å². The van der Waals surface area contributed by atoms with Gasteiger partial charge in [-0.2, -0.15) is 5.48 Å². The average Bonchev–Trinajstić information content (AvgIpc) is 2.15. The van der Waals surface area contributed by atoms with Gasteiger partial charge in [0, 0.05) is 5.02 Å². The smallest absolute Gasteiger partial charge is 0.305 e. The first-order valence-electron chi connectivity index (χ1n) is 4.00. The van der Waals surface area contributed by atoms with Gasteiger partial charge >= 0.3 is 5.97 Å². The Morgan fingerprint density at radius 1 is 1.43 bits per heavy atom. The topological polar surface area (TPSA) is 69.6 Å². The van der Waals surface area contributed by atoms with E-state index in [1.807, 2.05) is 5.48 Å². The van der Waals surface area contributed by atoms with Crippen molar-refractivity contribution in [1.29, 1.82) is 0 Å². The molecule has 0 fully saturated rings. The molecule has 1 aromatic carbocycles. The molecule has 0 bridgehead atoms. The van der Waals surface area contributed by atoms with Crippen molar-refractivity contribution >= 4 is 17.6 Å². The lowest BCUT2D eigenvalue weighted by Crippen LogP contribution is -2.20. The number of carbonyl (C=O) groups is 1. The Balaban J connectivity index is 2.78. The van der Waals surface area contributed by atoms with Gasteiger partial charge in [0.2, 0.25) is 0 Å². The number of nitrogens with one attached hydrogen (secondary N) is 1. The van der Waals surface area contributed by atoms with Gasteiger partial charge in [0.15, 0.2) is 0 Å². The molecule has 0 radical (unpaired) electrons. The summed E-state index contributed by atoms with van der Waals surface area (Å²) in [5.74, 6) is -0.980. The van der Waals surface area contributed by atoms with Crippen LogP contribution in [0.3, 0.4) is 0 Å². The Bertz CT molecular complexity index is 312. The summed E-state index contributed by atoms with van der Waals surface area (Å²) in [6, 6.07) is 6.01. The van der Waals surface area contributed by atoms with E-state index in [0.717, 1.165) is 0 Å². The molecular weight excluding hydrogens is 206 g/mol. The molecule has 0 aliphatic rings. The molecule has 1 rings (SSSR count). The Morgan fingerprint density at radius 2 is 2.00 bits per heavy atom. The maximum absolute atomic E-state index is 10.4. The lowest BCUT2D eigenvalue weighted by atomic mass is 10.1. The number of halogens is 1. The summed E-state index contributed by atoms with van der Waals surface area (Å²) >= 11 is 5.67. The Hall–Kier alpha value is -1.10. The summed E-state index contributed by atoms with van der Waals surface area (Å²) in [7, 11) is 0. The van der Waals surface area contributed by atoms with Crippen molar-refractivity contribution in [3.8, 4) is 0 Å². The highest BCUT2D eigenvalue weighted by Crippen LogP contribution is 2.18. The van der Waals surface area contributed by atoms with Gasteiger partial charge in [0.25, 0.3) is 0 Å². The van der Waals surface area contributed by atoms with Gasteiger partial charge in [0.05, 0.1) is 12.5 Å². The van der Waals surface area contributed by atoms with Gasteiger partial charge < -0.3 is 10.3 Å². The molecule has 0 heterocycles. The molecule has 5 heteroatoms. The fourth-order valence-electron chi connectivity index (χ4n) is 1.11. The molecule has 1 atom stereocenters. The van der Waals surface area contributed by atoms with Crippen molar-refractivity contribution < 1.29 is 15.1 Å². The van der Waals surface area contributed by atoms with Crippen LogP contribution in [0.5, 0.6) is 0 Å². The van der Waals surface area contributed by atoms with Crippen LogP contribution < -0.4 is 5.48 Å². The summed E-state index contributed by atoms with van der Waals surface area (Å²) in [6.07, 6.45) is -0.182. The highest BCUT2D eigenvalue weighted by molar-refractivity contribution is 6.30. The molecule has 0 aromatic heterocycles. The van der Waals surface area contributed by atoms with Crippen molar-refractivity contribution in [3.05, 3.63) is 34.9 Å². The number of hydrogen-bond acceptors (Lipinski definition) is 3. The van der Waals surface area contributed by atoms with Crippen LogP contribution in [0.4, 0.5) is 0 Å². The number of carboxylic acids is 1. The fourth-order valence-corrected chi connectivity index (χ4v) is 1.23. The molecule has 14 heavy (non-hydrogen) atoms. The quantitative estimate of drug-likeness (QED) is 0.671. The third kappa shape index (κ3) is 2.99. The molecular formula is C9H10ClNO3. The molecule has 0 saturated heterocycles. The van der Waals surface area contributed by atoms with E-state index in [4.69, 9.17) is 21.9 Å². The highest BCUT2D eigenvalue weighted by atomic mass is 35.5. The second-order valence-corrected chi connectivity index (χ2v) is 3.27. The maximum atomic E-state index is 10.4. The number of rotatable bonds is 4. The molecule has 0 spiro atoms. The zero-order valence-electron chi connectivity index (χ0n) is 7.27. The number of aliphatic carboxylic acids is 1.